The molecule has 0 aromatic heterocycles. The van der Waals surface area contributed by atoms with Crippen LogP contribution in [0.5, 0.6) is 5.75 Å². The molecule has 1 aromatic carbocycles. The summed E-state index contributed by atoms with van der Waals surface area (Å²) in [7, 11) is 0. The molecule has 0 aliphatic heterocycles. The van der Waals surface area contributed by atoms with Crippen LogP contribution in [0.25, 0.3) is 0 Å². The van der Waals surface area contributed by atoms with Gasteiger partial charge in [0.15, 0.2) is 6.61 Å². The quantitative estimate of drug-likeness (QED) is 0.875. The van der Waals surface area contributed by atoms with Crippen molar-refractivity contribution in [2.75, 3.05) is 13.2 Å². The smallest absolute Gasteiger partial charge is 0.257 e. The second kappa shape index (κ2) is 7.46. The fourth-order valence-corrected chi connectivity index (χ4v) is 2.61. The number of amides is 1. The van der Waals surface area contributed by atoms with Crippen LogP contribution in [0.4, 0.5) is 0 Å². The van der Waals surface area contributed by atoms with Gasteiger partial charge in [-0.25, -0.2) is 0 Å². The first kappa shape index (κ1) is 15.8. The van der Waals surface area contributed by atoms with Gasteiger partial charge in [-0.1, -0.05) is 6.07 Å². The van der Waals surface area contributed by atoms with E-state index in [0.29, 0.717) is 12.5 Å². The van der Waals surface area contributed by atoms with E-state index in [2.05, 4.69) is 5.32 Å². The van der Waals surface area contributed by atoms with Crippen LogP contribution < -0.4 is 10.1 Å². The van der Waals surface area contributed by atoms with Crippen LogP contribution in [0.3, 0.4) is 0 Å². The van der Waals surface area contributed by atoms with Gasteiger partial charge >= 0.3 is 0 Å². The standard InChI is InChI=1S/C17H25NO3/c1-12-3-8-16(9-13(12)2)21-11-17(20)18-10-14-4-6-15(19)7-5-14/h3,8-9,14-15,19H,4-7,10-11H2,1-2H3,(H,18,20). The molecule has 0 spiro atoms. The Morgan fingerprint density at radius 1 is 1.24 bits per heavy atom. The molecule has 0 unspecified atom stereocenters. The predicted octanol–water partition coefficient (Wildman–Crippen LogP) is 2.35. The zero-order valence-electron chi connectivity index (χ0n) is 12.9. The Hall–Kier alpha value is -1.55. The Bertz CT molecular complexity index is 479. The van der Waals surface area contributed by atoms with Crippen molar-refractivity contribution in [3.63, 3.8) is 0 Å². The molecule has 0 bridgehead atoms. The third-order valence-corrected chi connectivity index (χ3v) is 4.25. The zero-order chi connectivity index (χ0) is 15.2. The molecule has 1 amide bonds. The van der Waals surface area contributed by atoms with Crippen LogP contribution in [0.15, 0.2) is 18.2 Å². The molecule has 116 valence electrons. The number of ether oxygens (including phenoxy) is 1. The molecule has 0 heterocycles. The minimum absolute atomic E-state index is 0.0534. The number of hydrogen-bond donors (Lipinski definition) is 2. The topological polar surface area (TPSA) is 58.6 Å². The molecular weight excluding hydrogens is 266 g/mol. The largest absolute Gasteiger partial charge is 0.484 e. The molecule has 1 fully saturated rings. The van der Waals surface area contributed by atoms with E-state index in [0.717, 1.165) is 37.0 Å². The van der Waals surface area contributed by atoms with E-state index in [1.165, 1.54) is 5.56 Å². The van der Waals surface area contributed by atoms with Crippen LogP contribution in [-0.4, -0.2) is 30.3 Å². The first-order chi connectivity index (χ1) is 10.0. The van der Waals surface area contributed by atoms with Crippen molar-refractivity contribution in [3.8, 4) is 5.75 Å². The Balaban J connectivity index is 1.68. The molecule has 21 heavy (non-hydrogen) atoms. The van der Waals surface area contributed by atoms with Crippen molar-refractivity contribution in [3.05, 3.63) is 29.3 Å². The second-order valence-electron chi connectivity index (χ2n) is 6.01. The Morgan fingerprint density at radius 3 is 2.62 bits per heavy atom. The van der Waals surface area contributed by atoms with Crippen LogP contribution in [0.1, 0.15) is 36.8 Å². The lowest BCUT2D eigenvalue weighted by Gasteiger charge is -2.25. The summed E-state index contributed by atoms with van der Waals surface area (Å²) < 4.78 is 5.51. The number of carbonyl (C=O) groups is 1. The number of nitrogens with one attached hydrogen (secondary N) is 1. The summed E-state index contributed by atoms with van der Waals surface area (Å²) in [5, 5.41) is 12.4. The molecule has 1 saturated carbocycles. The number of rotatable bonds is 5. The van der Waals surface area contributed by atoms with Gasteiger partial charge in [-0.05, 0) is 68.7 Å². The van der Waals surface area contributed by atoms with Gasteiger partial charge < -0.3 is 15.2 Å². The van der Waals surface area contributed by atoms with E-state index in [-0.39, 0.29) is 18.6 Å². The van der Waals surface area contributed by atoms with Crippen LogP contribution in [-0.2, 0) is 4.79 Å². The fraction of sp³-hybridized carbons (Fsp3) is 0.588. The first-order valence-electron chi connectivity index (χ1n) is 7.69. The van der Waals surface area contributed by atoms with Crippen molar-refractivity contribution >= 4 is 5.91 Å². The average molecular weight is 291 g/mol. The van der Waals surface area contributed by atoms with E-state index in [4.69, 9.17) is 4.74 Å². The monoisotopic (exact) mass is 291 g/mol. The minimum Gasteiger partial charge on any atom is -0.484 e. The summed E-state index contributed by atoms with van der Waals surface area (Å²) in [4.78, 5) is 11.8. The first-order valence-corrected chi connectivity index (χ1v) is 7.69. The van der Waals surface area contributed by atoms with E-state index in [1.807, 2.05) is 32.0 Å². The minimum atomic E-state index is -0.148. The van der Waals surface area contributed by atoms with Gasteiger partial charge in [0, 0.05) is 6.54 Å². The SMILES string of the molecule is Cc1ccc(OCC(=O)NCC2CCC(O)CC2)cc1C. The number of hydrogen-bond acceptors (Lipinski definition) is 3. The lowest BCUT2D eigenvalue weighted by atomic mass is 9.87. The molecule has 1 aliphatic carbocycles. The molecule has 0 saturated heterocycles. The highest BCUT2D eigenvalue weighted by Crippen LogP contribution is 2.23. The molecule has 2 rings (SSSR count). The summed E-state index contributed by atoms with van der Waals surface area (Å²) >= 11 is 0. The van der Waals surface area contributed by atoms with Gasteiger partial charge in [-0.15, -0.1) is 0 Å². The number of benzene rings is 1. The van der Waals surface area contributed by atoms with E-state index in [9.17, 15) is 9.90 Å². The summed E-state index contributed by atoms with van der Waals surface area (Å²) in [6.45, 7) is 4.81. The van der Waals surface area contributed by atoms with Gasteiger partial charge in [0.1, 0.15) is 5.75 Å². The van der Waals surface area contributed by atoms with E-state index >= 15 is 0 Å². The molecule has 2 N–H and O–H groups in total. The van der Waals surface area contributed by atoms with E-state index in [1.54, 1.807) is 0 Å². The van der Waals surface area contributed by atoms with Gasteiger partial charge in [-0.3, -0.25) is 4.79 Å². The lowest BCUT2D eigenvalue weighted by Crippen LogP contribution is -2.35. The van der Waals surface area contributed by atoms with Gasteiger partial charge in [-0.2, -0.15) is 0 Å². The summed E-state index contributed by atoms with van der Waals surface area (Å²) in [5.41, 5.74) is 2.37. The van der Waals surface area contributed by atoms with Crippen molar-refractivity contribution < 1.29 is 14.6 Å². The molecule has 4 heteroatoms. The maximum atomic E-state index is 11.8. The van der Waals surface area contributed by atoms with E-state index < -0.39 is 0 Å². The number of carbonyl (C=O) groups excluding carboxylic acids is 1. The third kappa shape index (κ3) is 5.05. The molecule has 0 radical (unpaired) electrons. The molecule has 1 aliphatic rings. The van der Waals surface area contributed by atoms with Gasteiger partial charge in [0.25, 0.3) is 5.91 Å². The highest BCUT2D eigenvalue weighted by Gasteiger charge is 2.19. The molecule has 0 atom stereocenters. The summed E-state index contributed by atoms with van der Waals surface area (Å²) in [5.74, 6) is 1.13. The molecule has 1 aromatic rings. The Morgan fingerprint density at radius 2 is 1.95 bits per heavy atom. The zero-order valence-corrected chi connectivity index (χ0v) is 12.9. The Kier molecular flexibility index (Phi) is 5.62. The van der Waals surface area contributed by atoms with Crippen LogP contribution >= 0.6 is 0 Å². The van der Waals surface area contributed by atoms with Gasteiger partial charge in [0.05, 0.1) is 6.10 Å². The van der Waals surface area contributed by atoms with Crippen molar-refractivity contribution in [2.24, 2.45) is 5.92 Å². The number of aliphatic hydroxyl groups excluding tert-OH is 1. The number of aryl methyl sites for hydroxylation is 2. The predicted molar refractivity (Wildman–Crippen MR) is 82.4 cm³/mol. The highest BCUT2D eigenvalue weighted by atomic mass is 16.5. The third-order valence-electron chi connectivity index (χ3n) is 4.25. The van der Waals surface area contributed by atoms with Crippen LogP contribution in [0.2, 0.25) is 0 Å². The van der Waals surface area contributed by atoms with Crippen LogP contribution in [0, 0.1) is 19.8 Å². The Labute approximate surface area is 126 Å². The van der Waals surface area contributed by atoms with Crippen molar-refractivity contribution in [1.29, 1.82) is 0 Å². The van der Waals surface area contributed by atoms with Gasteiger partial charge in [0.2, 0.25) is 0 Å². The highest BCUT2D eigenvalue weighted by molar-refractivity contribution is 5.77. The lowest BCUT2D eigenvalue weighted by molar-refractivity contribution is -0.123. The molecular formula is C17H25NO3. The van der Waals surface area contributed by atoms with Crippen molar-refractivity contribution in [1.82, 2.24) is 5.32 Å². The normalized spacial score (nSPS) is 21.9. The van der Waals surface area contributed by atoms with Crippen molar-refractivity contribution in [2.45, 2.75) is 45.6 Å². The maximum Gasteiger partial charge on any atom is 0.257 e. The average Bonchev–Trinajstić information content (AvgIpc) is 2.48. The summed E-state index contributed by atoms with van der Waals surface area (Å²) in [6.07, 6.45) is 3.52. The number of aliphatic hydroxyl groups is 1. The second-order valence-corrected chi connectivity index (χ2v) is 6.01. The summed E-state index contributed by atoms with van der Waals surface area (Å²) in [6, 6.07) is 5.83. The maximum absolute atomic E-state index is 11.8. The molecule has 4 nitrogen and oxygen atoms in total. The fourth-order valence-electron chi connectivity index (χ4n) is 2.61.